The lowest BCUT2D eigenvalue weighted by Gasteiger charge is -2.15. The Labute approximate surface area is 95.7 Å². The molecule has 0 spiro atoms. The molecular formula is C9H20BrNO2S. The van der Waals surface area contributed by atoms with Crippen molar-refractivity contribution in [2.75, 3.05) is 23.4 Å². The highest BCUT2D eigenvalue weighted by Crippen LogP contribution is 2.00. The van der Waals surface area contributed by atoms with Crippen molar-refractivity contribution < 1.29 is 8.42 Å². The van der Waals surface area contributed by atoms with Crippen molar-refractivity contribution in [1.29, 1.82) is 0 Å². The number of hydrogen-bond donors (Lipinski definition) is 1. The van der Waals surface area contributed by atoms with E-state index in [0.29, 0.717) is 12.6 Å². The Morgan fingerprint density at radius 1 is 1.36 bits per heavy atom. The van der Waals surface area contributed by atoms with Crippen LogP contribution in [0, 0.1) is 0 Å². The molecule has 86 valence electrons. The Morgan fingerprint density at radius 2 is 2.00 bits per heavy atom. The fourth-order valence-corrected chi connectivity index (χ4v) is 2.42. The molecule has 0 aromatic heterocycles. The fourth-order valence-electron chi connectivity index (χ4n) is 1.15. The van der Waals surface area contributed by atoms with Gasteiger partial charge < -0.3 is 5.32 Å². The minimum atomic E-state index is -2.81. The van der Waals surface area contributed by atoms with Gasteiger partial charge in [-0.25, -0.2) is 8.42 Å². The summed E-state index contributed by atoms with van der Waals surface area (Å²) in [6, 6.07) is 0.432. The lowest BCUT2D eigenvalue weighted by Crippen LogP contribution is -2.33. The smallest absolute Gasteiger partial charge is 0.151 e. The first-order chi connectivity index (χ1) is 6.55. The second-order valence-corrected chi connectivity index (χ2v) is 6.54. The van der Waals surface area contributed by atoms with Crippen LogP contribution >= 0.6 is 15.9 Å². The lowest BCUT2D eigenvalue weighted by molar-refractivity contribution is 0.501. The lowest BCUT2D eigenvalue weighted by atomic mass is 10.2. The summed E-state index contributed by atoms with van der Waals surface area (Å²) >= 11 is 3.38. The Morgan fingerprint density at radius 3 is 2.43 bits per heavy atom. The summed E-state index contributed by atoms with van der Waals surface area (Å²) in [5, 5.41) is 4.21. The van der Waals surface area contributed by atoms with Crippen molar-refractivity contribution in [3.05, 3.63) is 0 Å². The van der Waals surface area contributed by atoms with E-state index in [9.17, 15) is 8.42 Å². The molecular weight excluding hydrogens is 266 g/mol. The number of sulfone groups is 1. The summed E-state index contributed by atoms with van der Waals surface area (Å²) in [6.45, 7) is 4.36. The molecule has 0 bridgehead atoms. The van der Waals surface area contributed by atoms with Crippen LogP contribution in [0.15, 0.2) is 0 Å². The molecule has 3 nitrogen and oxygen atoms in total. The van der Waals surface area contributed by atoms with Gasteiger partial charge in [-0.05, 0) is 12.8 Å². The maximum Gasteiger partial charge on any atom is 0.151 e. The second kappa shape index (κ2) is 7.65. The average molecular weight is 286 g/mol. The van der Waals surface area contributed by atoms with Crippen LogP contribution in [0.1, 0.15) is 26.7 Å². The zero-order chi connectivity index (χ0) is 11.0. The molecule has 0 rings (SSSR count). The first-order valence-corrected chi connectivity index (χ1v) is 7.99. The monoisotopic (exact) mass is 285 g/mol. The van der Waals surface area contributed by atoms with E-state index in [4.69, 9.17) is 0 Å². The minimum Gasteiger partial charge on any atom is -0.313 e. The number of nitrogens with one attached hydrogen (secondary N) is 1. The largest absolute Gasteiger partial charge is 0.313 e. The fraction of sp³-hybridized carbons (Fsp3) is 1.00. The van der Waals surface area contributed by atoms with E-state index >= 15 is 0 Å². The van der Waals surface area contributed by atoms with Gasteiger partial charge in [-0.15, -0.1) is 0 Å². The Hall–Kier alpha value is 0.390. The molecule has 0 saturated heterocycles. The van der Waals surface area contributed by atoms with E-state index in [1.807, 2.05) is 0 Å². The van der Waals surface area contributed by atoms with Crippen molar-refractivity contribution in [3.8, 4) is 0 Å². The Kier molecular flexibility index (Phi) is 7.86. The predicted molar refractivity (Wildman–Crippen MR) is 64.8 cm³/mol. The van der Waals surface area contributed by atoms with Gasteiger partial charge in [0.15, 0.2) is 9.84 Å². The normalized spacial score (nSPS) is 14.2. The molecule has 1 atom stereocenters. The van der Waals surface area contributed by atoms with Crippen LogP contribution in [-0.4, -0.2) is 37.8 Å². The summed E-state index contributed by atoms with van der Waals surface area (Å²) in [5.41, 5.74) is 0. The summed E-state index contributed by atoms with van der Waals surface area (Å²) in [7, 11) is -2.81. The first kappa shape index (κ1) is 14.4. The van der Waals surface area contributed by atoms with Gasteiger partial charge in [-0.3, -0.25) is 0 Å². The predicted octanol–water partition coefficient (Wildman–Crippen LogP) is 1.57. The van der Waals surface area contributed by atoms with Gasteiger partial charge in [0.2, 0.25) is 0 Å². The number of halogens is 1. The molecule has 0 amide bonds. The third-order valence-electron chi connectivity index (χ3n) is 2.24. The quantitative estimate of drug-likeness (QED) is 0.689. The van der Waals surface area contributed by atoms with Crippen LogP contribution in [0.25, 0.3) is 0 Å². The number of rotatable bonds is 8. The van der Waals surface area contributed by atoms with Gasteiger partial charge in [0.1, 0.15) is 0 Å². The molecule has 5 heteroatoms. The molecule has 0 aromatic rings. The highest BCUT2D eigenvalue weighted by molar-refractivity contribution is 9.09. The summed E-state index contributed by atoms with van der Waals surface area (Å²) in [6.07, 6.45) is 2.08. The maximum absolute atomic E-state index is 11.2. The van der Waals surface area contributed by atoms with Crippen molar-refractivity contribution in [2.45, 2.75) is 32.7 Å². The molecule has 14 heavy (non-hydrogen) atoms. The van der Waals surface area contributed by atoms with E-state index in [0.717, 1.165) is 18.2 Å². The maximum atomic E-state index is 11.2. The first-order valence-electron chi connectivity index (χ1n) is 5.05. The Balaban J connectivity index is 3.71. The van der Waals surface area contributed by atoms with Crippen molar-refractivity contribution in [1.82, 2.24) is 5.32 Å². The summed E-state index contributed by atoms with van der Waals surface area (Å²) < 4.78 is 22.4. The Bertz CT molecular complexity index is 229. The van der Waals surface area contributed by atoms with E-state index < -0.39 is 9.84 Å². The minimum absolute atomic E-state index is 0.240. The molecule has 0 saturated carbocycles. The van der Waals surface area contributed by atoms with Crippen LogP contribution in [0.3, 0.4) is 0 Å². The third-order valence-corrected chi connectivity index (χ3v) is 4.40. The van der Waals surface area contributed by atoms with Crippen molar-refractivity contribution >= 4 is 25.8 Å². The van der Waals surface area contributed by atoms with Gasteiger partial charge in [0.05, 0.1) is 5.75 Å². The number of alkyl halides is 1. The van der Waals surface area contributed by atoms with Crippen LogP contribution in [0.5, 0.6) is 0 Å². The molecule has 1 unspecified atom stereocenters. The summed E-state index contributed by atoms with van der Waals surface area (Å²) in [5.74, 6) is 0.492. The van der Waals surface area contributed by atoms with Gasteiger partial charge >= 0.3 is 0 Å². The topological polar surface area (TPSA) is 46.2 Å². The van der Waals surface area contributed by atoms with Crippen molar-refractivity contribution in [3.63, 3.8) is 0 Å². The third kappa shape index (κ3) is 6.79. The highest BCUT2D eigenvalue weighted by atomic mass is 79.9. The van der Waals surface area contributed by atoms with Crippen LogP contribution in [0.4, 0.5) is 0 Å². The molecule has 0 heterocycles. The van der Waals surface area contributed by atoms with E-state index in [2.05, 4.69) is 28.2 Å². The van der Waals surface area contributed by atoms with Gasteiger partial charge in [-0.2, -0.15) is 0 Å². The molecule has 0 radical (unpaired) electrons. The van der Waals surface area contributed by atoms with E-state index in [-0.39, 0.29) is 11.5 Å². The molecule has 0 aliphatic heterocycles. The SMILES string of the molecule is CCC(CCBr)NCCS(=O)(=O)CC. The molecule has 0 aliphatic rings. The van der Waals surface area contributed by atoms with Crippen molar-refractivity contribution in [2.24, 2.45) is 0 Å². The van der Waals surface area contributed by atoms with Gasteiger partial charge in [-0.1, -0.05) is 29.8 Å². The van der Waals surface area contributed by atoms with Crippen LogP contribution in [0.2, 0.25) is 0 Å². The highest BCUT2D eigenvalue weighted by Gasteiger charge is 2.09. The zero-order valence-corrected chi connectivity index (χ0v) is 11.3. The second-order valence-electron chi connectivity index (χ2n) is 3.27. The van der Waals surface area contributed by atoms with Gasteiger partial charge in [0.25, 0.3) is 0 Å². The van der Waals surface area contributed by atoms with E-state index in [1.165, 1.54) is 0 Å². The van der Waals surface area contributed by atoms with E-state index in [1.54, 1.807) is 6.92 Å². The molecule has 0 aliphatic carbocycles. The standard InChI is InChI=1S/C9H20BrNO2S/c1-3-9(5-6-10)11-7-8-14(12,13)4-2/h9,11H,3-8H2,1-2H3. The van der Waals surface area contributed by atoms with Crippen LogP contribution in [-0.2, 0) is 9.84 Å². The zero-order valence-electron chi connectivity index (χ0n) is 8.92. The molecule has 1 N–H and O–H groups in total. The summed E-state index contributed by atoms with van der Waals surface area (Å²) in [4.78, 5) is 0. The average Bonchev–Trinajstić information content (AvgIpc) is 2.16. The van der Waals surface area contributed by atoms with Crippen LogP contribution < -0.4 is 5.32 Å². The molecule has 0 aromatic carbocycles. The number of hydrogen-bond acceptors (Lipinski definition) is 3. The molecule has 0 fully saturated rings. The van der Waals surface area contributed by atoms with Gasteiger partial charge in [0, 0.05) is 23.7 Å².